The first-order valence-electron chi connectivity index (χ1n) is 4.10. The molecule has 0 amide bonds. The summed E-state index contributed by atoms with van der Waals surface area (Å²) in [6.45, 7) is 0. The van der Waals surface area contributed by atoms with Crippen molar-refractivity contribution in [2.24, 2.45) is 0 Å². The van der Waals surface area contributed by atoms with E-state index in [9.17, 15) is 0 Å². The number of rotatable bonds is 1. The molecule has 2 rings (SSSR count). The molecule has 0 fully saturated rings. The smallest absolute Gasteiger partial charge is 0.126 e. The zero-order chi connectivity index (χ0) is 9.97. The van der Waals surface area contributed by atoms with Gasteiger partial charge in [-0.1, -0.05) is 12.1 Å². The van der Waals surface area contributed by atoms with Crippen LogP contribution in [-0.4, -0.2) is 10.2 Å². The van der Waals surface area contributed by atoms with Crippen LogP contribution in [0.4, 0.5) is 5.82 Å². The largest absolute Gasteiger partial charge is 0.384 e. The third kappa shape index (κ3) is 1.31. The summed E-state index contributed by atoms with van der Waals surface area (Å²) >= 11 is 0. The Morgan fingerprint density at radius 2 is 2.00 bits per heavy atom. The fourth-order valence-corrected chi connectivity index (χ4v) is 1.25. The van der Waals surface area contributed by atoms with Crippen molar-refractivity contribution in [1.82, 2.24) is 10.2 Å². The third-order valence-electron chi connectivity index (χ3n) is 1.99. The number of benzene rings is 1. The Hall–Kier alpha value is -2.28. The van der Waals surface area contributed by atoms with Crippen LogP contribution in [0, 0.1) is 11.3 Å². The minimum Gasteiger partial charge on any atom is -0.384 e. The second-order valence-electron chi connectivity index (χ2n) is 2.89. The van der Waals surface area contributed by atoms with Crippen molar-refractivity contribution in [3.05, 3.63) is 36.0 Å². The summed E-state index contributed by atoms with van der Waals surface area (Å²) in [6.07, 6.45) is 1.66. The molecule has 68 valence electrons. The van der Waals surface area contributed by atoms with Gasteiger partial charge in [0, 0.05) is 5.56 Å². The fraction of sp³-hybridized carbons (Fsp3) is 0. The van der Waals surface area contributed by atoms with Gasteiger partial charge in [-0.15, -0.1) is 0 Å². The molecule has 0 aliphatic rings. The van der Waals surface area contributed by atoms with Crippen LogP contribution in [0.5, 0.6) is 0 Å². The quantitative estimate of drug-likeness (QED) is 0.705. The number of nitrogens with zero attached hydrogens (tertiary/aromatic N) is 2. The number of aromatic nitrogens is 2. The monoisotopic (exact) mass is 184 g/mol. The summed E-state index contributed by atoms with van der Waals surface area (Å²) in [7, 11) is 0. The molecule has 0 aliphatic heterocycles. The maximum atomic E-state index is 8.62. The summed E-state index contributed by atoms with van der Waals surface area (Å²) in [5.41, 5.74) is 8.11. The lowest BCUT2D eigenvalue weighted by atomic mass is 10.1. The standard InChI is InChI=1S/C10H8N4/c11-5-7-1-3-8(4-2-7)9-6-13-14-10(9)12/h1-4,6H,(H3,12,13,14). The lowest BCUT2D eigenvalue weighted by Crippen LogP contribution is -1.87. The summed E-state index contributed by atoms with van der Waals surface area (Å²) in [5.74, 6) is 0.537. The molecule has 3 N–H and O–H groups in total. The van der Waals surface area contributed by atoms with Gasteiger partial charge in [0.2, 0.25) is 0 Å². The Kier molecular flexibility index (Phi) is 1.92. The van der Waals surface area contributed by atoms with E-state index in [1.54, 1.807) is 18.3 Å². The van der Waals surface area contributed by atoms with Crippen molar-refractivity contribution < 1.29 is 0 Å². The van der Waals surface area contributed by atoms with Crippen LogP contribution < -0.4 is 5.73 Å². The predicted molar refractivity (Wildman–Crippen MR) is 53.2 cm³/mol. The van der Waals surface area contributed by atoms with E-state index < -0.39 is 0 Å². The molecule has 0 bridgehead atoms. The van der Waals surface area contributed by atoms with Crippen LogP contribution >= 0.6 is 0 Å². The number of aromatic amines is 1. The zero-order valence-corrected chi connectivity index (χ0v) is 7.36. The molecule has 4 heteroatoms. The second kappa shape index (κ2) is 3.23. The molecular weight excluding hydrogens is 176 g/mol. The first-order chi connectivity index (χ1) is 6.81. The highest BCUT2D eigenvalue weighted by Crippen LogP contribution is 2.23. The summed E-state index contributed by atoms with van der Waals surface area (Å²) in [4.78, 5) is 0. The summed E-state index contributed by atoms with van der Waals surface area (Å²) in [6, 6.07) is 9.26. The zero-order valence-electron chi connectivity index (χ0n) is 7.36. The highest BCUT2D eigenvalue weighted by Gasteiger charge is 2.03. The number of hydrogen-bond acceptors (Lipinski definition) is 3. The van der Waals surface area contributed by atoms with Crippen LogP contribution in [-0.2, 0) is 0 Å². The maximum Gasteiger partial charge on any atom is 0.126 e. The number of nitrogen functional groups attached to an aromatic ring is 1. The maximum absolute atomic E-state index is 8.62. The van der Waals surface area contributed by atoms with Crippen LogP contribution in [0.15, 0.2) is 30.5 Å². The van der Waals surface area contributed by atoms with Crippen LogP contribution in [0.25, 0.3) is 11.1 Å². The van der Waals surface area contributed by atoms with Crippen LogP contribution in [0.3, 0.4) is 0 Å². The lowest BCUT2D eigenvalue weighted by Gasteiger charge is -1.98. The van der Waals surface area contributed by atoms with Crippen molar-refractivity contribution in [2.75, 3.05) is 5.73 Å². The number of H-pyrrole nitrogens is 1. The van der Waals surface area contributed by atoms with Gasteiger partial charge in [-0.25, -0.2) is 0 Å². The van der Waals surface area contributed by atoms with Gasteiger partial charge in [0.25, 0.3) is 0 Å². The molecule has 1 heterocycles. The number of anilines is 1. The Labute approximate surface area is 81.0 Å². The fourth-order valence-electron chi connectivity index (χ4n) is 1.25. The van der Waals surface area contributed by atoms with Gasteiger partial charge >= 0.3 is 0 Å². The number of nitrogens with two attached hydrogens (primary N) is 1. The minimum absolute atomic E-state index is 0.537. The highest BCUT2D eigenvalue weighted by atomic mass is 15.1. The van der Waals surface area contributed by atoms with Crippen molar-refractivity contribution in [1.29, 1.82) is 5.26 Å². The van der Waals surface area contributed by atoms with Crippen molar-refractivity contribution in [2.45, 2.75) is 0 Å². The molecule has 2 aromatic rings. The molecule has 0 unspecified atom stereocenters. The van der Waals surface area contributed by atoms with Crippen molar-refractivity contribution >= 4 is 5.82 Å². The molecular formula is C10H8N4. The molecule has 0 saturated carbocycles. The van der Waals surface area contributed by atoms with Crippen LogP contribution in [0.2, 0.25) is 0 Å². The van der Waals surface area contributed by atoms with E-state index in [0.29, 0.717) is 11.4 Å². The van der Waals surface area contributed by atoms with E-state index in [2.05, 4.69) is 16.3 Å². The Bertz CT molecular complexity index is 476. The van der Waals surface area contributed by atoms with Crippen LogP contribution in [0.1, 0.15) is 5.56 Å². The number of hydrogen-bond donors (Lipinski definition) is 2. The molecule has 14 heavy (non-hydrogen) atoms. The van der Waals surface area contributed by atoms with E-state index in [1.807, 2.05) is 12.1 Å². The minimum atomic E-state index is 0.537. The Balaban J connectivity index is 2.45. The number of nitrogens with one attached hydrogen (secondary N) is 1. The van der Waals surface area contributed by atoms with Gasteiger partial charge in [-0.3, -0.25) is 5.10 Å². The molecule has 0 saturated heterocycles. The van der Waals surface area contributed by atoms with E-state index in [-0.39, 0.29) is 0 Å². The van der Waals surface area contributed by atoms with Gasteiger partial charge in [0.05, 0.1) is 17.8 Å². The topological polar surface area (TPSA) is 78.5 Å². The molecule has 0 spiro atoms. The summed E-state index contributed by atoms with van der Waals surface area (Å²) in [5, 5.41) is 15.1. The third-order valence-corrected chi connectivity index (χ3v) is 1.99. The van der Waals surface area contributed by atoms with E-state index in [4.69, 9.17) is 11.0 Å². The molecule has 1 aromatic carbocycles. The highest BCUT2D eigenvalue weighted by molar-refractivity contribution is 5.73. The number of nitriles is 1. The van der Waals surface area contributed by atoms with Gasteiger partial charge in [-0.2, -0.15) is 10.4 Å². The Morgan fingerprint density at radius 3 is 2.50 bits per heavy atom. The van der Waals surface area contributed by atoms with Crippen molar-refractivity contribution in [3.8, 4) is 17.2 Å². The average Bonchev–Trinajstić information content (AvgIpc) is 2.65. The normalized spacial score (nSPS) is 9.64. The van der Waals surface area contributed by atoms with Crippen molar-refractivity contribution in [3.63, 3.8) is 0 Å². The Morgan fingerprint density at radius 1 is 1.29 bits per heavy atom. The molecule has 4 nitrogen and oxygen atoms in total. The van der Waals surface area contributed by atoms with E-state index in [1.165, 1.54) is 0 Å². The van der Waals surface area contributed by atoms with Gasteiger partial charge in [0.15, 0.2) is 0 Å². The van der Waals surface area contributed by atoms with E-state index in [0.717, 1.165) is 11.1 Å². The van der Waals surface area contributed by atoms with E-state index >= 15 is 0 Å². The lowest BCUT2D eigenvalue weighted by molar-refractivity contribution is 1.10. The molecule has 0 atom stereocenters. The second-order valence-corrected chi connectivity index (χ2v) is 2.89. The molecule has 1 aromatic heterocycles. The first-order valence-corrected chi connectivity index (χ1v) is 4.10. The predicted octanol–water partition coefficient (Wildman–Crippen LogP) is 1.53. The summed E-state index contributed by atoms with van der Waals surface area (Å²) < 4.78 is 0. The molecule has 0 radical (unpaired) electrons. The van der Waals surface area contributed by atoms with Gasteiger partial charge < -0.3 is 5.73 Å². The van der Waals surface area contributed by atoms with Gasteiger partial charge in [-0.05, 0) is 17.7 Å². The average molecular weight is 184 g/mol. The van der Waals surface area contributed by atoms with Gasteiger partial charge in [0.1, 0.15) is 5.82 Å². The SMILES string of the molecule is N#Cc1ccc(-c2cn[nH]c2N)cc1. The first kappa shape index (κ1) is 8.32. The molecule has 0 aliphatic carbocycles.